The highest BCUT2D eigenvalue weighted by Gasteiger charge is 2.11. The summed E-state index contributed by atoms with van der Waals surface area (Å²) in [7, 11) is 6.61. The van der Waals surface area contributed by atoms with Crippen LogP contribution < -0.4 is 29.6 Å². The molecule has 0 saturated heterocycles. The predicted octanol–water partition coefficient (Wildman–Crippen LogP) is 3.46. The maximum Gasteiger partial charge on any atom is 0.191 e. The monoisotopic (exact) mass is 515 g/mol. The van der Waals surface area contributed by atoms with E-state index in [4.69, 9.17) is 18.9 Å². The second kappa shape index (κ2) is 13.0. The van der Waals surface area contributed by atoms with Crippen molar-refractivity contribution < 1.29 is 18.9 Å². The fourth-order valence-corrected chi connectivity index (χ4v) is 2.71. The number of hydrogen-bond donors (Lipinski definition) is 2. The molecule has 2 aromatic carbocycles. The number of ether oxygens (including phenoxy) is 4. The molecule has 2 rings (SSSR count). The molecule has 0 aliphatic rings. The van der Waals surface area contributed by atoms with Crippen molar-refractivity contribution in [2.45, 2.75) is 19.6 Å². The molecule has 1 unspecified atom stereocenters. The van der Waals surface area contributed by atoms with E-state index in [1.165, 1.54) is 0 Å². The van der Waals surface area contributed by atoms with Crippen molar-refractivity contribution in [3.63, 3.8) is 0 Å². The molecular formula is C21H30IN3O4. The zero-order valence-electron chi connectivity index (χ0n) is 17.5. The van der Waals surface area contributed by atoms with Crippen LogP contribution in [0, 0.1) is 0 Å². The van der Waals surface area contributed by atoms with Crippen molar-refractivity contribution in [3.05, 3.63) is 48.0 Å². The standard InChI is InChI=1S/C21H29N3O4.HI/c1-15(28-18-11-7-6-10-17(18)25-3)13-23-21(22-2)24-14-16-9-8-12-19(26-4)20(16)27-5;/h6-12,15H,13-14H2,1-5H3,(H2,22,23,24);1H. The van der Waals surface area contributed by atoms with Gasteiger partial charge in [-0.2, -0.15) is 0 Å². The van der Waals surface area contributed by atoms with Gasteiger partial charge in [0.25, 0.3) is 0 Å². The Bertz CT molecular complexity index is 786. The van der Waals surface area contributed by atoms with Crippen LogP contribution in [0.15, 0.2) is 47.5 Å². The molecular weight excluding hydrogens is 485 g/mol. The first-order valence-electron chi connectivity index (χ1n) is 9.07. The van der Waals surface area contributed by atoms with Gasteiger partial charge in [0.05, 0.1) is 27.9 Å². The van der Waals surface area contributed by atoms with Gasteiger partial charge in [-0.3, -0.25) is 4.99 Å². The summed E-state index contributed by atoms with van der Waals surface area (Å²) in [5, 5.41) is 6.54. The highest BCUT2D eigenvalue weighted by atomic mass is 127. The van der Waals surface area contributed by atoms with E-state index in [-0.39, 0.29) is 30.1 Å². The Kier molecular flexibility index (Phi) is 11.0. The lowest BCUT2D eigenvalue weighted by Crippen LogP contribution is -2.41. The van der Waals surface area contributed by atoms with E-state index in [0.717, 1.165) is 5.56 Å². The largest absolute Gasteiger partial charge is 0.493 e. The van der Waals surface area contributed by atoms with E-state index in [2.05, 4.69) is 15.6 Å². The average molecular weight is 515 g/mol. The first kappa shape index (κ1) is 24.7. The van der Waals surface area contributed by atoms with Gasteiger partial charge in [0.15, 0.2) is 29.0 Å². The first-order chi connectivity index (χ1) is 13.6. The molecule has 7 nitrogen and oxygen atoms in total. The second-order valence-electron chi connectivity index (χ2n) is 6.04. The molecule has 0 aliphatic heterocycles. The summed E-state index contributed by atoms with van der Waals surface area (Å²) >= 11 is 0. The highest BCUT2D eigenvalue weighted by molar-refractivity contribution is 14.0. The Morgan fingerprint density at radius 2 is 1.55 bits per heavy atom. The summed E-state index contributed by atoms with van der Waals surface area (Å²) in [5.74, 6) is 3.50. The summed E-state index contributed by atoms with van der Waals surface area (Å²) in [4.78, 5) is 4.26. The van der Waals surface area contributed by atoms with Gasteiger partial charge < -0.3 is 29.6 Å². The molecule has 0 spiro atoms. The van der Waals surface area contributed by atoms with Gasteiger partial charge in [0, 0.05) is 19.2 Å². The Morgan fingerprint density at radius 3 is 2.17 bits per heavy atom. The molecule has 2 aromatic rings. The van der Waals surface area contributed by atoms with E-state index in [0.29, 0.717) is 42.0 Å². The lowest BCUT2D eigenvalue weighted by Gasteiger charge is -2.19. The minimum atomic E-state index is -0.0822. The third kappa shape index (κ3) is 7.19. The van der Waals surface area contributed by atoms with Crippen LogP contribution in [-0.4, -0.2) is 47.0 Å². The average Bonchev–Trinajstić information content (AvgIpc) is 2.73. The van der Waals surface area contributed by atoms with Crippen LogP contribution in [0.4, 0.5) is 0 Å². The van der Waals surface area contributed by atoms with Gasteiger partial charge in [-0.25, -0.2) is 0 Å². The van der Waals surface area contributed by atoms with E-state index in [1.54, 1.807) is 28.4 Å². The van der Waals surface area contributed by atoms with E-state index < -0.39 is 0 Å². The highest BCUT2D eigenvalue weighted by Crippen LogP contribution is 2.30. The zero-order chi connectivity index (χ0) is 20.4. The third-order valence-electron chi connectivity index (χ3n) is 4.11. The second-order valence-corrected chi connectivity index (χ2v) is 6.04. The molecule has 160 valence electrons. The number of nitrogens with one attached hydrogen (secondary N) is 2. The molecule has 0 heterocycles. The molecule has 29 heavy (non-hydrogen) atoms. The number of aliphatic imine (C=N–C) groups is 1. The molecule has 8 heteroatoms. The number of hydrogen-bond acceptors (Lipinski definition) is 5. The van der Waals surface area contributed by atoms with Crippen molar-refractivity contribution in [2.75, 3.05) is 34.9 Å². The van der Waals surface area contributed by atoms with Gasteiger partial charge in [0.1, 0.15) is 6.10 Å². The zero-order valence-corrected chi connectivity index (χ0v) is 19.9. The maximum atomic E-state index is 5.95. The molecule has 0 bridgehead atoms. The molecule has 0 saturated carbocycles. The van der Waals surface area contributed by atoms with E-state index in [9.17, 15) is 0 Å². The third-order valence-corrected chi connectivity index (χ3v) is 4.11. The molecule has 0 aliphatic carbocycles. The summed E-state index contributed by atoms with van der Waals surface area (Å²) in [5.41, 5.74) is 0.975. The number of methoxy groups -OCH3 is 3. The van der Waals surface area contributed by atoms with Crippen LogP contribution in [0.25, 0.3) is 0 Å². The quantitative estimate of drug-likeness (QED) is 0.303. The van der Waals surface area contributed by atoms with Crippen molar-refractivity contribution in [1.29, 1.82) is 0 Å². The predicted molar refractivity (Wildman–Crippen MR) is 126 cm³/mol. The Morgan fingerprint density at radius 1 is 0.897 bits per heavy atom. The van der Waals surface area contributed by atoms with E-state index in [1.807, 2.05) is 49.4 Å². The van der Waals surface area contributed by atoms with E-state index >= 15 is 0 Å². The minimum absolute atomic E-state index is 0. The number of halogens is 1. The molecule has 1 atom stereocenters. The first-order valence-corrected chi connectivity index (χ1v) is 9.07. The van der Waals surface area contributed by atoms with Gasteiger partial charge in [-0.1, -0.05) is 24.3 Å². The number of nitrogens with zero attached hydrogens (tertiary/aromatic N) is 1. The normalized spacial score (nSPS) is 11.7. The fraction of sp³-hybridized carbons (Fsp3) is 0.381. The van der Waals surface area contributed by atoms with Crippen LogP contribution in [-0.2, 0) is 6.54 Å². The van der Waals surface area contributed by atoms with Crippen molar-refractivity contribution >= 4 is 29.9 Å². The summed E-state index contributed by atoms with van der Waals surface area (Å²) in [6.07, 6.45) is -0.0822. The number of rotatable bonds is 9. The van der Waals surface area contributed by atoms with Gasteiger partial charge in [-0.05, 0) is 25.1 Å². The number of guanidine groups is 1. The minimum Gasteiger partial charge on any atom is -0.493 e. The summed E-state index contributed by atoms with van der Waals surface area (Å²) < 4.78 is 22.1. The molecule has 0 aromatic heterocycles. The number of benzene rings is 2. The Hall–Kier alpha value is -2.36. The van der Waals surface area contributed by atoms with Crippen LogP contribution >= 0.6 is 24.0 Å². The summed E-state index contributed by atoms with van der Waals surface area (Å²) in [6, 6.07) is 13.4. The van der Waals surface area contributed by atoms with Gasteiger partial charge in [-0.15, -0.1) is 24.0 Å². The van der Waals surface area contributed by atoms with Crippen LogP contribution in [0.3, 0.4) is 0 Å². The van der Waals surface area contributed by atoms with Crippen molar-refractivity contribution in [1.82, 2.24) is 10.6 Å². The molecule has 0 amide bonds. The molecule has 0 radical (unpaired) electrons. The smallest absolute Gasteiger partial charge is 0.191 e. The SMILES string of the molecule is CN=C(NCc1cccc(OC)c1OC)NCC(C)Oc1ccccc1OC.I. The topological polar surface area (TPSA) is 73.3 Å². The lowest BCUT2D eigenvalue weighted by atomic mass is 10.2. The van der Waals surface area contributed by atoms with Gasteiger partial charge >= 0.3 is 0 Å². The molecule has 0 fully saturated rings. The maximum absolute atomic E-state index is 5.95. The summed E-state index contributed by atoms with van der Waals surface area (Å²) in [6.45, 7) is 3.10. The van der Waals surface area contributed by atoms with Crippen molar-refractivity contribution in [2.24, 2.45) is 4.99 Å². The Labute approximate surface area is 189 Å². The molecule has 2 N–H and O–H groups in total. The number of para-hydroxylation sites is 3. The van der Waals surface area contributed by atoms with Crippen LogP contribution in [0.2, 0.25) is 0 Å². The fourth-order valence-electron chi connectivity index (χ4n) is 2.71. The van der Waals surface area contributed by atoms with Gasteiger partial charge in [0.2, 0.25) is 0 Å². The lowest BCUT2D eigenvalue weighted by molar-refractivity contribution is 0.213. The Balaban J connectivity index is 0.00000420. The van der Waals surface area contributed by atoms with Crippen LogP contribution in [0.5, 0.6) is 23.0 Å². The van der Waals surface area contributed by atoms with Crippen LogP contribution in [0.1, 0.15) is 12.5 Å². The van der Waals surface area contributed by atoms with Crippen molar-refractivity contribution in [3.8, 4) is 23.0 Å².